The Morgan fingerprint density at radius 2 is 2.17 bits per heavy atom. The van der Waals surface area contributed by atoms with Crippen molar-refractivity contribution < 1.29 is 8.91 Å². The minimum absolute atomic E-state index is 0.198. The summed E-state index contributed by atoms with van der Waals surface area (Å²) in [6.07, 6.45) is 4.80. The number of rotatable bonds is 2. The van der Waals surface area contributed by atoms with Crippen molar-refractivity contribution in [1.82, 2.24) is 14.7 Å². The lowest BCUT2D eigenvalue weighted by Gasteiger charge is -2.04. The lowest BCUT2D eigenvalue weighted by Crippen LogP contribution is -1.94. The number of imidazole rings is 1. The summed E-state index contributed by atoms with van der Waals surface area (Å²) < 4.78 is 20.3. The maximum atomic E-state index is 14.0. The molecule has 18 heavy (non-hydrogen) atoms. The van der Waals surface area contributed by atoms with Crippen LogP contribution in [0.15, 0.2) is 47.5 Å². The molecule has 0 amide bonds. The van der Waals surface area contributed by atoms with Gasteiger partial charge in [-0.2, -0.15) is 0 Å². The second-order valence-electron chi connectivity index (χ2n) is 3.75. The molecule has 2 N–H and O–H groups in total. The van der Waals surface area contributed by atoms with Gasteiger partial charge in [0.05, 0.1) is 12.0 Å². The van der Waals surface area contributed by atoms with Crippen LogP contribution < -0.4 is 5.73 Å². The molecule has 0 radical (unpaired) electrons. The van der Waals surface area contributed by atoms with E-state index in [0.29, 0.717) is 16.9 Å². The maximum absolute atomic E-state index is 14.0. The first kappa shape index (κ1) is 10.5. The third-order valence-electron chi connectivity index (χ3n) is 2.55. The van der Waals surface area contributed by atoms with Crippen LogP contribution in [0.2, 0.25) is 0 Å². The van der Waals surface area contributed by atoms with Gasteiger partial charge in [0.1, 0.15) is 11.5 Å². The molecule has 3 aromatic rings. The number of benzene rings is 1. The van der Waals surface area contributed by atoms with Crippen molar-refractivity contribution in [3.05, 3.63) is 48.8 Å². The summed E-state index contributed by atoms with van der Waals surface area (Å²) in [5.41, 5.74) is 6.96. The molecule has 5 nitrogen and oxygen atoms in total. The van der Waals surface area contributed by atoms with E-state index in [4.69, 9.17) is 10.3 Å². The quantitative estimate of drug-likeness (QED) is 0.750. The standard InChI is InChI=1S/C12H9FN4O/c13-9-5-8(10-6-12(14)18-16-10)1-2-11(9)17-4-3-15-7-17/h1-7H,14H2. The zero-order valence-corrected chi connectivity index (χ0v) is 9.25. The molecule has 2 aromatic heterocycles. The number of hydrogen-bond donors (Lipinski definition) is 1. The number of nitrogen functional groups attached to an aromatic ring is 1. The first-order valence-corrected chi connectivity index (χ1v) is 5.24. The van der Waals surface area contributed by atoms with E-state index in [-0.39, 0.29) is 11.7 Å². The van der Waals surface area contributed by atoms with Gasteiger partial charge in [-0.3, -0.25) is 0 Å². The number of aromatic nitrogens is 3. The van der Waals surface area contributed by atoms with E-state index in [1.54, 1.807) is 35.2 Å². The number of nitrogens with zero attached hydrogens (tertiary/aromatic N) is 3. The third kappa shape index (κ3) is 1.73. The van der Waals surface area contributed by atoms with E-state index >= 15 is 0 Å². The van der Waals surface area contributed by atoms with Crippen LogP contribution in [0.4, 0.5) is 10.3 Å². The monoisotopic (exact) mass is 244 g/mol. The number of nitrogens with two attached hydrogens (primary N) is 1. The second-order valence-corrected chi connectivity index (χ2v) is 3.75. The normalized spacial score (nSPS) is 10.7. The van der Waals surface area contributed by atoms with Crippen molar-refractivity contribution in [3.63, 3.8) is 0 Å². The van der Waals surface area contributed by atoms with Crippen LogP contribution in [0.3, 0.4) is 0 Å². The van der Waals surface area contributed by atoms with Gasteiger partial charge >= 0.3 is 0 Å². The fourth-order valence-electron chi connectivity index (χ4n) is 1.70. The van der Waals surface area contributed by atoms with Gasteiger partial charge in [-0.25, -0.2) is 9.37 Å². The Hall–Kier alpha value is -2.63. The molecule has 0 saturated carbocycles. The lowest BCUT2D eigenvalue weighted by atomic mass is 10.1. The lowest BCUT2D eigenvalue weighted by molar-refractivity contribution is 0.439. The predicted molar refractivity (Wildman–Crippen MR) is 63.4 cm³/mol. The molecule has 3 rings (SSSR count). The molecule has 0 aliphatic rings. The highest BCUT2D eigenvalue weighted by molar-refractivity contribution is 5.62. The molecule has 90 valence electrons. The van der Waals surface area contributed by atoms with Crippen LogP contribution in [-0.4, -0.2) is 14.7 Å². The van der Waals surface area contributed by atoms with Gasteiger partial charge in [0, 0.05) is 24.0 Å². The molecule has 0 bridgehead atoms. The summed E-state index contributed by atoms with van der Waals surface area (Å²) in [7, 11) is 0. The summed E-state index contributed by atoms with van der Waals surface area (Å²) in [4.78, 5) is 3.88. The molecule has 0 unspecified atom stereocenters. The first-order chi connectivity index (χ1) is 8.74. The molecule has 0 saturated heterocycles. The number of hydrogen-bond acceptors (Lipinski definition) is 4. The fourth-order valence-corrected chi connectivity index (χ4v) is 1.70. The highest BCUT2D eigenvalue weighted by Crippen LogP contribution is 2.24. The molecule has 0 spiro atoms. The third-order valence-corrected chi connectivity index (χ3v) is 2.55. The van der Waals surface area contributed by atoms with Crippen molar-refractivity contribution >= 4 is 5.88 Å². The highest BCUT2D eigenvalue weighted by atomic mass is 19.1. The van der Waals surface area contributed by atoms with E-state index in [9.17, 15) is 4.39 Å². The van der Waals surface area contributed by atoms with Crippen LogP contribution in [-0.2, 0) is 0 Å². The largest absolute Gasteiger partial charge is 0.368 e. The Morgan fingerprint density at radius 1 is 1.28 bits per heavy atom. The predicted octanol–water partition coefficient (Wildman–Crippen LogP) is 2.25. The van der Waals surface area contributed by atoms with Gasteiger partial charge in [0.15, 0.2) is 0 Å². The maximum Gasteiger partial charge on any atom is 0.222 e. The van der Waals surface area contributed by atoms with E-state index in [1.807, 2.05) is 0 Å². The molecule has 1 aromatic carbocycles. The average molecular weight is 244 g/mol. The summed E-state index contributed by atoms with van der Waals surface area (Å²) >= 11 is 0. The second kappa shape index (κ2) is 3.99. The molecular weight excluding hydrogens is 235 g/mol. The van der Waals surface area contributed by atoms with Gasteiger partial charge in [-0.05, 0) is 12.1 Å². The Bertz CT molecular complexity index is 675. The molecule has 0 fully saturated rings. The van der Waals surface area contributed by atoms with Crippen molar-refractivity contribution in [3.8, 4) is 16.9 Å². The minimum Gasteiger partial charge on any atom is -0.368 e. The van der Waals surface area contributed by atoms with Crippen molar-refractivity contribution in [2.24, 2.45) is 0 Å². The van der Waals surface area contributed by atoms with E-state index in [0.717, 1.165) is 0 Å². The van der Waals surface area contributed by atoms with Crippen molar-refractivity contribution in [2.45, 2.75) is 0 Å². The molecule has 0 aliphatic heterocycles. The Kier molecular flexibility index (Phi) is 2.33. The zero-order chi connectivity index (χ0) is 12.5. The van der Waals surface area contributed by atoms with Crippen molar-refractivity contribution in [1.29, 1.82) is 0 Å². The molecule has 2 heterocycles. The summed E-state index contributed by atoms with van der Waals surface area (Å²) in [6, 6.07) is 6.32. The Balaban J connectivity index is 2.04. The van der Waals surface area contributed by atoms with E-state index in [1.165, 1.54) is 12.4 Å². The van der Waals surface area contributed by atoms with E-state index < -0.39 is 0 Å². The van der Waals surface area contributed by atoms with Gasteiger partial charge in [0.25, 0.3) is 0 Å². The first-order valence-electron chi connectivity index (χ1n) is 5.24. The smallest absolute Gasteiger partial charge is 0.222 e. The fraction of sp³-hybridized carbons (Fsp3) is 0. The number of halogens is 1. The zero-order valence-electron chi connectivity index (χ0n) is 9.25. The highest BCUT2D eigenvalue weighted by Gasteiger charge is 2.09. The summed E-state index contributed by atoms with van der Waals surface area (Å²) in [5.74, 6) is -0.170. The van der Waals surface area contributed by atoms with Gasteiger partial charge in [0.2, 0.25) is 5.88 Å². The molecule has 0 aliphatic carbocycles. The minimum atomic E-state index is -0.368. The van der Waals surface area contributed by atoms with Crippen molar-refractivity contribution in [2.75, 3.05) is 5.73 Å². The SMILES string of the molecule is Nc1cc(-c2ccc(-n3ccnc3)c(F)c2)no1. The van der Waals surface area contributed by atoms with Gasteiger partial charge < -0.3 is 14.8 Å². The number of anilines is 1. The van der Waals surface area contributed by atoms with Gasteiger partial charge in [-0.1, -0.05) is 11.2 Å². The van der Waals surface area contributed by atoms with E-state index in [2.05, 4.69) is 10.1 Å². The van der Waals surface area contributed by atoms with Crippen LogP contribution in [0.25, 0.3) is 16.9 Å². The van der Waals surface area contributed by atoms with Crippen LogP contribution in [0.1, 0.15) is 0 Å². The molecular formula is C12H9FN4O. The van der Waals surface area contributed by atoms with Crippen LogP contribution in [0.5, 0.6) is 0 Å². The summed E-state index contributed by atoms with van der Waals surface area (Å²) in [6.45, 7) is 0. The Labute approximate surface area is 102 Å². The van der Waals surface area contributed by atoms with Crippen LogP contribution >= 0.6 is 0 Å². The average Bonchev–Trinajstić information content (AvgIpc) is 2.99. The topological polar surface area (TPSA) is 69.9 Å². The summed E-state index contributed by atoms with van der Waals surface area (Å²) in [5, 5.41) is 3.73. The van der Waals surface area contributed by atoms with Crippen LogP contribution in [0, 0.1) is 5.82 Å². The molecule has 6 heteroatoms. The Morgan fingerprint density at radius 3 is 2.78 bits per heavy atom. The molecule has 0 atom stereocenters. The van der Waals surface area contributed by atoms with Gasteiger partial charge in [-0.15, -0.1) is 0 Å².